The summed E-state index contributed by atoms with van der Waals surface area (Å²) >= 11 is 1.80. The molecule has 0 heterocycles. The number of carbonyl (C=O) groups is 2. The van der Waals surface area contributed by atoms with Crippen LogP contribution in [0.1, 0.15) is 19.4 Å². The van der Waals surface area contributed by atoms with Crippen LogP contribution in [0, 0.1) is 0 Å². The Morgan fingerprint density at radius 3 is 2.29 bits per heavy atom. The van der Waals surface area contributed by atoms with E-state index in [4.69, 9.17) is 9.47 Å². The number of hydrogen-bond donors (Lipinski definition) is 0. The number of ether oxygens (including phenoxy) is 2. The van der Waals surface area contributed by atoms with E-state index in [1.54, 1.807) is 53.8 Å². The van der Waals surface area contributed by atoms with Gasteiger partial charge in [0, 0.05) is 5.57 Å². The molecule has 1 rings (SSSR count). The number of Topliss-reactive ketones (excluding diaryl/α,β-unsaturated/α-hetero) is 1. The maximum Gasteiger partial charge on any atom is 0.356 e. The van der Waals surface area contributed by atoms with Crippen molar-refractivity contribution in [3.63, 3.8) is 0 Å². The van der Waals surface area contributed by atoms with Gasteiger partial charge in [0.25, 0.3) is 5.67 Å². The van der Waals surface area contributed by atoms with Crippen molar-refractivity contribution >= 4 is 39.9 Å². The van der Waals surface area contributed by atoms with Gasteiger partial charge in [0.2, 0.25) is 0 Å². The molecule has 0 aliphatic heterocycles. The first-order chi connectivity index (χ1) is 9.91. The van der Waals surface area contributed by atoms with Gasteiger partial charge in [-0.1, -0.05) is 34.7 Å². The Balaban J connectivity index is 3.31. The highest BCUT2D eigenvalue weighted by molar-refractivity contribution is 14.1. The zero-order valence-electron chi connectivity index (χ0n) is 12.0. The molecule has 0 aliphatic carbocycles. The third kappa shape index (κ3) is 3.61. The van der Waals surface area contributed by atoms with Gasteiger partial charge in [0.05, 0.1) is 13.7 Å². The Morgan fingerprint density at radius 2 is 1.90 bits per heavy atom. The maximum atomic E-state index is 15.1. The zero-order chi connectivity index (χ0) is 16.0. The van der Waals surface area contributed by atoms with Crippen LogP contribution in [-0.2, 0) is 14.3 Å². The van der Waals surface area contributed by atoms with Crippen molar-refractivity contribution in [2.45, 2.75) is 19.5 Å². The third-order valence-corrected chi connectivity index (χ3v) is 3.55. The van der Waals surface area contributed by atoms with Crippen molar-refractivity contribution in [2.75, 3.05) is 13.7 Å². The Bertz CT molecular complexity index is 553. The molecule has 0 radical (unpaired) electrons. The highest BCUT2D eigenvalue weighted by atomic mass is 127. The van der Waals surface area contributed by atoms with Crippen LogP contribution in [0.25, 0.3) is 5.57 Å². The fraction of sp³-hybridized carbons (Fsp3) is 0.333. The lowest BCUT2D eigenvalue weighted by Gasteiger charge is -2.23. The van der Waals surface area contributed by atoms with Crippen LogP contribution in [0.4, 0.5) is 4.39 Å². The van der Waals surface area contributed by atoms with Crippen molar-refractivity contribution in [1.29, 1.82) is 0 Å². The first-order valence-electron chi connectivity index (χ1n) is 6.24. The van der Waals surface area contributed by atoms with Crippen LogP contribution in [0.15, 0.2) is 28.3 Å². The molecular formula is C15H16FIO4. The molecule has 0 N–H and O–H groups in total. The SMILES string of the molecule is CCOC(=O)C(F)(C(C)=O)/C(=C/I)c1ccc(OC)cc1. The number of methoxy groups -OCH3 is 1. The number of ketones is 1. The van der Waals surface area contributed by atoms with Gasteiger partial charge in [-0.15, -0.1) is 0 Å². The average Bonchev–Trinajstić information content (AvgIpc) is 2.48. The van der Waals surface area contributed by atoms with Crippen molar-refractivity contribution in [1.82, 2.24) is 0 Å². The molecule has 1 aromatic rings. The van der Waals surface area contributed by atoms with Gasteiger partial charge in [-0.25, -0.2) is 9.18 Å². The number of alkyl halides is 1. The lowest BCUT2D eigenvalue weighted by atomic mass is 9.88. The second kappa shape index (κ2) is 7.53. The van der Waals surface area contributed by atoms with Gasteiger partial charge in [-0.05, 0) is 35.6 Å². The molecule has 1 aromatic carbocycles. The molecule has 0 aromatic heterocycles. The van der Waals surface area contributed by atoms with E-state index < -0.39 is 17.4 Å². The number of rotatable bonds is 6. The van der Waals surface area contributed by atoms with E-state index in [1.807, 2.05) is 0 Å². The van der Waals surface area contributed by atoms with Crippen LogP contribution >= 0.6 is 22.6 Å². The minimum atomic E-state index is -2.81. The summed E-state index contributed by atoms with van der Waals surface area (Å²) < 4.78 is 26.2. The summed E-state index contributed by atoms with van der Waals surface area (Å²) in [4.78, 5) is 23.7. The van der Waals surface area contributed by atoms with E-state index in [-0.39, 0.29) is 12.2 Å². The summed E-state index contributed by atoms with van der Waals surface area (Å²) in [5.74, 6) is -1.52. The molecule has 6 heteroatoms. The summed E-state index contributed by atoms with van der Waals surface area (Å²) in [6.07, 6.45) is 0. The minimum Gasteiger partial charge on any atom is -0.497 e. The number of carbonyl (C=O) groups excluding carboxylic acids is 2. The molecule has 0 spiro atoms. The predicted molar refractivity (Wildman–Crippen MR) is 86.1 cm³/mol. The van der Waals surface area contributed by atoms with E-state index >= 15 is 4.39 Å². The largest absolute Gasteiger partial charge is 0.497 e. The molecule has 0 saturated heterocycles. The smallest absolute Gasteiger partial charge is 0.356 e. The number of hydrogen-bond acceptors (Lipinski definition) is 4. The van der Waals surface area contributed by atoms with E-state index in [0.717, 1.165) is 6.92 Å². The third-order valence-electron chi connectivity index (χ3n) is 2.92. The first-order valence-corrected chi connectivity index (χ1v) is 7.48. The van der Waals surface area contributed by atoms with Crippen LogP contribution in [0.5, 0.6) is 5.75 Å². The fourth-order valence-electron chi connectivity index (χ4n) is 1.78. The van der Waals surface area contributed by atoms with Gasteiger partial charge in [0.15, 0.2) is 5.78 Å². The van der Waals surface area contributed by atoms with Crippen molar-refractivity contribution < 1.29 is 23.5 Å². The Morgan fingerprint density at radius 1 is 1.33 bits per heavy atom. The zero-order valence-corrected chi connectivity index (χ0v) is 14.1. The monoisotopic (exact) mass is 406 g/mol. The molecule has 0 amide bonds. The molecule has 0 bridgehead atoms. The van der Waals surface area contributed by atoms with E-state index in [0.29, 0.717) is 11.3 Å². The Kier molecular flexibility index (Phi) is 6.32. The standard InChI is InChI=1S/C15H16FIO4/c1-4-21-14(19)15(16,10(2)18)13(9-17)11-5-7-12(20-3)8-6-11/h5-9H,4H2,1-3H3/b13-9+. The Hall–Kier alpha value is -1.44. The van der Waals surface area contributed by atoms with Crippen molar-refractivity contribution in [3.8, 4) is 5.75 Å². The van der Waals surface area contributed by atoms with Crippen LogP contribution in [0.3, 0.4) is 0 Å². The molecule has 4 nitrogen and oxygen atoms in total. The summed E-state index contributed by atoms with van der Waals surface area (Å²) in [6.45, 7) is 2.58. The predicted octanol–water partition coefficient (Wildman–Crippen LogP) is 3.33. The van der Waals surface area contributed by atoms with Gasteiger partial charge in [-0.3, -0.25) is 4.79 Å². The lowest BCUT2D eigenvalue weighted by molar-refractivity contribution is -0.157. The fourth-order valence-corrected chi connectivity index (χ4v) is 2.57. The first kappa shape index (κ1) is 17.6. The molecule has 0 aliphatic rings. The summed E-state index contributed by atoms with van der Waals surface area (Å²) in [5, 5.41) is 0. The van der Waals surface area contributed by atoms with Crippen LogP contribution in [-0.4, -0.2) is 31.1 Å². The number of esters is 1. The average molecular weight is 406 g/mol. The van der Waals surface area contributed by atoms with Crippen LogP contribution < -0.4 is 4.74 Å². The van der Waals surface area contributed by atoms with Crippen molar-refractivity contribution in [3.05, 3.63) is 33.9 Å². The second-order valence-electron chi connectivity index (χ2n) is 4.19. The number of halogens is 2. The summed E-state index contributed by atoms with van der Waals surface area (Å²) in [7, 11) is 1.51. The normalized spacial score (nSPS) is 14.2. The van der Waals surface area contributed by atoms with Crippen LogP contribution in [0.2, 0.25) is 0 Å². The highest BCUT2D eigenvalue weighted by Crippen LogP contribution is 2.35. The molecule has 21 heavy (non-hydrogen) atoms. The quantitative estimate of drug-likeness (QED) is 0.413. The summed E-state index contributed by atoms with van der Waals surface area (Å²) in [6, 6.07) is 6.42. The van der Waals surface area contributed by atoms with Gasteiger partial charge in [0.1, 0.15) is 5.75 Å². The highest BCUT2D eigenvalue weighted by Gasteiger charge is 2.49. The van der Waals surface area contributed by atoms with E-state index in [2.05, 4.69) is 0 Å². The molecule has 1 unspecified atom stereocenters. The molecule has 1 atom stereocenters. The lowest BCUT2D eigenvalue weighted by Crippen LogP contribution is -2.43. The number of benzene rings is 1. The van der Waals surface area contributed by atoms with Gasteiger partial charge < -0.3 is 9.47 Å². The van der Waals surface area contributed by atoms with Gasteiger partial charge in [-0.2, -0.15) is 0 Å². The minimum absolute atomic E-state index is 0.00504. The Labute approximate surface area is 136 Å². The maximum absolute atomic E-state index is 15.1. The van der Waals surface area contributed by atoms with Crippen molar-refractivity contribution in [2.24, 2.45) is 0 Å². The van der Waals surface area contributed by atoms with E-state index in [1.165, 1.54) is 11.2 Å². The second-order valence-corrected chi connectivity index (χ2v) is 4.81. The van der Waals surface area contributed by atoms with Gasteiger partial charge >= 0.3 is 5.97 Å². The van der Waals surface area contributed by atoms with E-state index in [9.17, 15) is 9.59 Å². The molecular weight excluding hydrogens is 390 g/mol. The molecule has 114 valence electrons. The topological polar surface area (TPSA) is 52.6 Å². The summed E-state index contributed by atoms with van der Waals surface area (Å²) in [5.41, 5.74) is -2.45. The molecule has 0 fully saturated rings. The molecule has 0 saturated carbocycles.